The minimum atomic E-state index is -0.184. The maximum atomic E-state index is 11.5. The van der Waals surface area contributed by atoms with Gasteiger partial charge in [0, 0.05) is 5.92 Å². The highest BCUT2D eigenvalue weighted by Crippen LogP contribution is 2.35. The van der Waals surface area contributed by atoms with E-state index in [0.717, 1.165) is 44.6 Å². The number of benzene rings is 1. The molecule has 7 heteroatoms. The second-order valence-corrected chi connectivity index (χ2v) is 7.45. The van der Waals surface area contributed by atoms with Crippen LogP contribution in [0, 0.1) is 5.92 Å². The molecule has 2 N–H and O–H groups in total. The van der Waals surface area contributed by atoms with Gasteiger partial charge in [-0.1, -0.05) is 43.2 Å². The molecule has 0 spiro atoms. The Labute approximate surface area is 153 Å². The number of nitrogens with two attached hydrogens (primary N) is 1. The van der Waals surface area contributed by atoms with Crippen molar-refractivity contribution in [1.29, 1.82) is 0 Å². The van der Waals surface area contributed by atoms with Crippen molar-refractivity contribution in [3.05, 3.63) is 41.7 Å². The molecule has 7 nitrogen and oxygen atoms in total. The van der Waals surface area contributed by atoms with Gasteiger partial charge < -0.3 is 5.73 Å². The van der Waals surface area contributed by atoms with Crippen LogP contribution in [0.1, 0.15) is 62.0 Å². The van der Waals surface area contributed by atoms with Crippen LogP contribution in [-0.4, -0.2) is 44.1 Å². The average Bonchev–Trinajstić information content (AvgIpc) is 3.35. The van der Waals surface area contributed by atoms with E-state index in [1.807, 2.05) is 10.7 Å². The molecule has 26 heavy (non-hydrogen) atoms. The van der Waals surface area contributed by atoms with E-state index in [1.165, 1.54) is 18.4 Å². The number of hydrogen-bond acceptors (Lipinski definition) is 5. The van der Waals surface area contributed by atoms with Crippen molar-refractivity contribution < 1.29 is 4.79 Å². The number of carbonyl (C=O) groups is 1. The Kier molecular flexibility index (Phi) is 4.97. The quantitative estimate of drug-likeness (QED) is 0.888. The zero-order valence-corrected chi connectivity index (χ0v) is 15.0. The van der Waals surface area contributed by atoms with Gasteiger partial charge in [-0.3, -0.25) is 9.69 Å². The van der Waals surface area contributed by atoms with Crippen LogP contribution in [0.15, 0.2) is 30.3 Å². The van der Waals surface area contributed by atoms with Crippen molar-refractivity contribution in [2.45, 2.75) is 50.6 Å². The Hall–Kier alpha value is -2.28. The monoisotopic (exact) mass is 354 g/mol. The molecule has 1 atom stereocenters. The summed E-state index contributed by atoms with van der Waals surface area (Å²) >= 11 is 0. The number of hydrogen-bond donors (Lipinski definition) is 1. The highest BCUT2D eigenvalue weighted by atomic mass is 16.1. The van der Waals surface area contributed by atoms with E-state index < -0.39 is 0 Å². The van der Waals surface area contributed by atoms with Crippen LogP contribution in [0.5, 0.6) is 0 Å². The molecule has 1 saturated carbocycles. The highest BCUT2D eigenvalue weighted by molar-refractivity contribution is 5.76. The van der Waals surface area contributed by atoms with Gasteiger partial charge in [-0.15, -0.1) is 5.10 Å². The Morgan fingerprint density at radius 1 is 1.08 bits per heavy atom. The average molecular weight is 354 g/mol. The fourth-order valence-electron chi connectivity index (χ4n) is 4.39. The van der Waals surface area contributed by atoms with Crippen LogP contribution in [-0.2, 0) is 4.79 Å². The zero-order valence-electron chi connectivity index (χ0n) is 15.0. The number of amides is 1. The number of tetrazole rings is 1. The summed E-state index contributed by atoms with van der Waals surface area (Å²) in [6, 6.07) is 10.8. The summed E-state index contributed by atoms with van der Waals surface area (Å²) in [5.74, 6) is 0.714. The van der Waals surface area contributed by atoms with Crippen molar-refractivity contribution in [1.82, 2.24) is 25.1 Å². The number of likely N-dealkylation sites (tertiary alicyclic amines) is 1. The topological polar surface area (TPSA) is 89.9 Å². The Morgan fingerprint density at radius 2 is 1.77 bits per heavy atom. The number of primary amides is 1. The van der Waals surface area contributed by atoms with Crippen LogP contribution in [0.25, 0.3) is 0 Å². The van der Waals surface area contributed by atoms with Crippen LogP contribution in [0.3, 0.4) is 0 Å². The molecule has 1 aliphatic heterocycles. The second kappa shape index (κ2) is 7.53. The van der Waals surface area contributed by atoms with Gasteiger partial charge in [0.1, 0.15) is 0 Å². The van der Waals surface area contributed by atoms with Crippen molar-refractivity contribution in [2.75, 3.05) is 13.1 Å². The molecular weight excluding hydrogens is 328 g/mol. The number of piperidine rings is 1. The molecule has 1 unspecified atom stereocenters. The van der Waals surface area contributed by atoms with Crippen molar-refractivity contribution in [3.8, 4) is 0 Å². The molecule has 1 aliphatic carbocycles. The predicted molar refractivity (Wildman–Crippen MR) is 97.1 cm³/mol. The lowest BCUT2D eigenvalue weighted by Crippen LogP contribution is -2.41. The van der Waals surface area contributed by atoms with Crippen molar-refractivity contribution in [2.24, 2.45) is 11.7 Å². The molecule has 2 fully saturated rings. The van der Waals surface area contributed by atoms with Crippen LogP contribution in [0.2, 0.25) is 0 Å². The Morgan fingerprint density at radius 3 is 2.42 bits per heavy atom. The van der Waals surface area contributed by atoms with E-state index in [1.54, 1.807) is 0 Å². The van der Waals surface area contributed by atoms with Gasteiger partial charge in [-0.2, -0.15) is 0 Å². The first-order valence-corrected chi connectivity index (χ1v) is 9.60. The molecule has 4 rings (SSSR count). The Bertz CT molecular complexity index is 731. The predicted octanol–water partition coefficient (Wildman–Crippen LogP) is 2.07. The lowest BCUT2D eigenvalue weighted by atomic mass is 9.93. The van der Waals surface area contributed by atoms with Crippen LogP contribution < -0.4 is 5.73 Å². The Balaban J connectivity index is 1.65. The largest absolute Gasteiger partial charge is 0.369 e. The van der Waals surface area contributed by atoms with Crippen molar-refractivity contribution in [3.63, 3.8) is 0 Å². The lowest BCUT2D eigenvalue weighted by Gasteiger charge is -2.36. The molecule has 1 saturated heterocycles. The molecule has 1 aromatic carbocycles. The summed E-state index contributed by atoms with van der Waals surface area (Å²) in [4.78, 5) is 13.9. The summed E-state index contributed by atoms with van der Waals surface area (Å²) in [6.45, 7) is 1.65. The third-order valence-corrected chi connectivity index (χ3v) is 5.85. The molecule has 0 bridgehead atoms. The molecule has 2 aromatic rings. The first kappa shape index (κ1) is 17.1. The molecule has 2 heterocycles. The summed E-state index contributed by atoms with van der Waals surface area (Å²) in [5, 5.41) is 12.8. The first-order valence-electron chi connectivity index (χ1n) is 9.60. The number of rotatable bonds is 5. The number of aromatic nitrogens is 4. The van der Waals surface area contributed by atoms with Gasteiger partial charge in [-0.25, -0.2) is 4.68 Å². The summed E-state index contributed by atoms with van der Waals surface area (Å²) in [7, 11) is 0. The number of nitrogens with zero attached hydrogens (tertiary/aromatic N) is 5. The first-order chi connectivity index (χ1) is 12.7. The maximum Gasteiger partial charge on any atom is 0.220 e. The minimum absolute atomic E-state index is 0.0145. The van der Waals surface area contributed by atoms with Crippen LogP contribution in [0.4, 0.5) is 0 Å². The minimum Gasteiger partial charge on any atom is -0.369 e. The molecule has 0 radical (unpaired) electrons. The third-order valence-electron chi connectivity index (χ3n) is 5.85. The van der Waals surface area contributed by atoms with Gasteiger partial charge >= 0.3 is 0 Å². The van der Waals surface area contributed by atoms with E-state index >= 15 is 0 Å². The second-order valence-electron chi connectivity index (χ2n) is 7.45. The van der Waals surface area contributed by atoms with Gasteiger partial charge in [0.2, 0.25) is 5.91 Å². The van der Waals surface area contributed by atoms with Gasteiger partial charge in [-0.05, 0) is 54.8 Å². The van der Waals surface area contributed by atoms with E-state index in [2.05, 4.69) is 44.7 Å². The molecular formula is C19H26N6O. The summed E-state index contributed by atoms with van der Waals surface area (Å²) in [6.07, 6.45) is 6.36. The molecule has 1 amide bonds. The summed E-state index contributed by atoms with van der Waals surface area (Å²) in [5.41, 5.74) is 6.70. The zero-order chi connectivity index (χ0) is 17.9. The van der Waals surface area contributed by atoms with Gasteiger partial charge in [0.15, 0.2) is 5.82 Å². The molecule has 1 aromatic heterocycles. The van der Waals surface area contributed by atoms with E-state index in [9.17, 15) is 4.79 Å². The van der Waals surface area contributed by atoms with Crippen LogP contribution >= 0.6 is 0 Å². The smallest absolute Gasteiger partial charge is 0.220 e. The number of carbonyl (C=O) groups excluding carboxylic acids is 1. The fourth-order valence-corrected chi connectivity index (χ4v) is 4.39. The van der Waals surface area contributed by atoms with Gasteiger partial charge in [0.25, 0.3) is 0 Å². The van der Waals surface area contributed by atoms with Crippen molar-refractivity contribution >= 4 is 5.91 Å². The SMILES string of the molecule is NC(=O)C1CCN(C(c2ccccc2)c2nnnn2C2CCCC2)CC1. The standard InChI is InChI=1S/C19H26N6O/c20-18(26)15-10-12-24(13-11-15)17(14-6-2-1-3-7-14)19-21-22-23-25(19)16-8-4-5-9-16/h1-3,6-7,15-17H,4-5,8-13H2,(H2,20,26). The lowest BCUT2D eigenvalue weighted by molar-refractivity contribution is -0.123. The van der Waals surface area contributed by atoms with E-state index in [-0.39, 0.29) is 17.9 Å². The summed E-state index contributed by atoms with van der Waals surface area (Å²) < 4.78 is 2.05. The molecule has 138 valence electrons. The van der Waals surface area contributed by atoms with Gasteiger partial charge in [0.05, 0.1) is 12.1 Å². The maximum absolute atomic E-state index is 11.5. The molecule has 2 aliphatic rings. The van der Waals surface area contributed by atoms with E-state index in [0.29, 0.717) is 6.04 Å². The highest BCUT2D eigenvalue weighted by Gasteiger charge is 2.34. The third kappa shape index (κ3) is 3.35. The fraction of sp³-hybridized carbons (Fsp3) is 0.579. The van der Waals surface area contributed by atoms with E-state index in [4.69, 9.17) is 5.73 Å². The normalized spacial score (nSPS) is 21.1.